The van der Waals surface area contributed by atoms with Crippen LogP contribution in [0.25, 0.3) is 11.0 Å². The SMILES string of the molecule is Cc1ccccc1CN1C(=O)c2nc3ccccc3n2C[C@]1(C)C(=O)NC1CCCCC1. The highest BCUT2D eigenvalue weighted by molar-refractivity contribution is 6.01. The van der Waals surface area contributed by atoms with Crippen molar-refractivity contribution < 1.29 is 9.59 Å². The van der Waals surface area contributed by atoms with E-state index in [9.17, 15) is 9.59 Å². The van der Waals surface area contributed by atoms with Crippen LogP contribution in [-0.2, 0) is 17.9 Å². The topological polar surface area (TPSA) is 67.2 Å². The minimum absolute atomic E-state index is 0.0743. The van der Waals surface area contributed by atoms with Crippen molar-refractivity contribution in [3.63, 3.8) is 0 Å². The van der Waals surface area contributed by atoms with Gasteiger partial charge in [0, 0.05) is 12.6 Å². The Labute approximate surface area is 188 Å². The molecule has 6 nitrogen and oxygen atoms in total. The molecule has 6 heteroatoms. The molecule has 3 aromatic rings. The molecule has 1 aliphatic carbocycles. The molecule has 5 rings (SSSR count). The van der Waals surface area contributed by atoms with Crippen LogP contribution in [0.2, 0.25) is 0 Å². The molecule has 2 aromatic carbocycles. The van der Waals surface area contributed by atoms with Crippen molar-refractivity contribution in [1.29, 1.82) is 0 Å². The molecule has 0 spiro atoms. The zero-order chi connectivity index (χ0) is 22.3. The highest BCUT2D eigenvalue weighted by Gasteiger charge is 2.48. The molecule has 2 aliphatic rings. The lowest BCUT2D eigenvalue weighted by Crippen LogP contribution is -2.64. The van der Waals surface area contributed by atoms with E-state index in [2.05, 4.69) is 10.3 Å². The van der Waals surface area contributed by atoms with Crippen LogP contribution in [0.1, 0.15) is 60.8 Å². The normalized spacial score (nSPS) is 21.6. The number of hydrogen-bond donors (Lipinski definition) is 1. The van der Waals surface area contributed by atoms with Gasteiger partial charge in [-0.15, -0.1) is 0 Å². The largest absolute Gasteiger partial charge is 0.351 e. The van der Waals surface area contributed by atoms with Gasteiger partial charge in [0.15, 0.2) is 5.82 Å². The van der Waals surface area contributed by atoms with Gasteiger partial charge in [-0.1, -0.05) is 55.7 Å². The van der Waals surface area contributed by atoms with Gasteiger partial charge in [-0.3, -0.25) is 9.59 Å². The van der Waals surface area contributed by atoms with Gasteiger partial charge in [0.2, 0.25) is 5.91 Å². The van der Waals surface area contributed by atoms with Gasteiger partial charge in [-0.25, -0.2) is 4.98 Å². The number of para-hydroxylation sites is 2. The number of amides is 2. The number of rotatable bonds is 4. The Kier molecular flexibility index (Phi) is 5.24. The first-order valence-electron chi connectivity index (χ1n) is 11.6. The fourth-order valence-corrected chi connectivity index (χ4v) is 5.12. The number of fused-ring (bicyclic) bond motifs is 3. The Morgan fingerprint density at radius 2 is 1.81 bits per heavy atom. The van der Waals surface area contributed by atoms with Gasteiger partial charge in [0.25, 0.3) is 5.91 Å². The second-order valence-electron chi connectivity index (χ2n) is 9.41. The molecule has 0 bridgehead atoms. The monoisotopic (exact) mass is 430 g/mol. The van der Waals surface area contributed by atoms with Crippen LogP contribution in [0.5, 0.6) is 0 Å². The summed E-state index contributed by atoms with van der Waals surface area (Å²) in [6.07, 6.45) is 5.53. The third-order valence-electron chi connectivity index (χ3n) is 7.17. The summed E-state index contributed by atoms with van der Waals surface area (Å²) in [5.41, 5.74) is 2.82. The molecule has 2 amide bonds. The molecular weight excluding hydrogens is 400 g/mol. The molecule has 1 fully saturated rings. The lowest BCUT2D eigenvalue weighted by atomic mass is 9.91. The summed E-state index contributed by atoms with van der Waals surface area (Å²) in [6.45, 7) is 4.71. The average Bonchev–Trinajstić information content (AvgIpc) is 3.17. The molecule has 1 aliphatic heterocycles. The Morgan fingerprint density at radius 3 is 2.59 bits per heavy atom. The van der Waals surface area contributed by atoms with E-state index >= 15 is 0 Å². The zero-order valence-electron chi connectivity index (χ0n) is 18.8. The number of nitrogens with one attached hydrogen (secondary N) is 1. The average molecular weight is 431 g/mol. The van der Waals surface area contributed by atoms with Crippen molar-refractivity contribution in [1.82, 2.24) is 19.8 Å². The van der Waals surface area contributed by atoms with Crippen LogP contribution in [0.3, 0.4) is 0 Å². The van der Waals surface area contributed by atoms with Crippen molar-refractivity contribution in [3.05, 3.63) is 65.5 Å². The van der Waals surface area contributed by atoms with Crippen molar-refractivity contribution in [2.45, 2.75) is 70.6 Å². The first kappa shape index (κ1) is 20.7. The third kappa shape index (κ3) is 3.48. The lowest BCUT2D eigenvalue weighted by molar-refractivity contribution is -0.134. The second-order valence-corrected chi connectivity index (χ2v) is 9.41. The van der Waals surface area contributed by atoms with Gasteiger partial charge in [0.1, 0.15) is 5.54 Å². The van der Waals surface area contributed by atoms with Crippen molar-refractivity contribution in [2.75, 3.05) is 0 Å². The minimum atomic E-state index is -1.01. The highest BCUT2D eigenvalue weighted by atomic mass is 16.2. The molecule has 1 N–H and O–H groups in total. The predicted octanol–water partition coefficient (Wildman–Crippen LogP) is 4.21. The molecule has 32 heavy (non-hydrogen) atoms. The standard InChI is InChI=1S/C26H30N4O2/c1-18-10-6-7-11-19(18)16-30-24(31)23-28-21-14-8-9-15-22(21)29(23)17-26(30,2)25(32)27-20-12-4-3-5-13-20/h6-11,14-15,20H,3-5,12-13,16-17H2,1-2H3,(H,27,32)/t26-/m1/s1. The Bertz CT molecular complexity index is 1180. The molecular formula is C26H30N4O2. The van der Waals surface area contributed by atoms with E-state index in [1.165, 1.54) is 6.42 Å². The van der Waals surface area contributed by atoms with E-state index in [1.54, 1.807) is 4.90 Å². The van der Waals surface area contributed by atoms with Gasteiger partial charge in [-0.05, 0) is 49.9 Å². The smallest absolute Gasteiger partial charge is 0.291 e. The van der Waals surface area contributed by atoms with E-state index in [4.69, 9.17) is 0 Å². The summed E-state index contributed by atoms with van der Waals surface area (Å²) in [4.78, 5) is 33.9. The van der Waals surface area contributed by atoms with Crippen LogP contribution < -0.4 is 5.32 Å². The number of hydrogen-bond acceptors (Lipinski definition) is 3. The number of aromatic nitrogens is 2. The first-order chi connectivity index (χ1) is 15.5. The van der Waals surface area contributed by atoms with Gasteiger partial charge >= 0.3 is 0 Å². The molecule has 0 radical (unpaired) electrons. The summed E-state index contributed by atoms with van der Waals surface area (Å²) in [5, 5.41) is 3.28. The van der Waals surface area contributed by atoms with Crippen LogP contribution >= 0.6 is 0 Å². The van der Waals surface area contributed by atoms with Gasteiger partial charge < -0.3 is 14.8 Å². The van der Waals surface area contributed by atoms with E-state index in [-0.39, 0.29) is 17.9 Å². The molecule has 1 atom stereocenters. The quantitative estimate of drug-likeness (QED) is 0.674. The number of aryl methyl sites for hydroxylation is 1. The fourth-order valence-electron chi connectivity index (χ4n) is 5.12. The molecule has 1 saturated carbocycles. The van der Waals surface area contributed by atoms with E-state index in [0.717, 1.165) is 47.8 Å². The van der Waals surface area contributed by atoms with Gasteiger partial charge in [-0.2, -0.15) is 0 Å². The summed E-state index contributed by atoms with van der Waals surface area (Å²) in [7, 11) is 0. The van der Waals surface area contributed by atoms with Crippen LogP contribution in [0, 0.1) is 6.92 Å². The minimum Gasteiger partial charge on any atom is -0.351 e. The van der Waals surface area contributed by atoms with Crippen molar-refractivity contribution in [2.24, 2.45) is 0 Å². The number of benzene rings is 2. The highest BCUT2D eigenvalue weighted by Crippen LogP contribution is 2.33. The van der Waals surface area contributed by atoms with E-state index in [1.807, 2.05) is 66.9 Å². The molecule has 0 saturated heterocycles. The van der Waals surface area contributed by atoms with Crippen LogP contribution in [0.4, 0.5) is 0 Å². The fraction of sp³-hybridized carbons (Fsp3) is 0.423. The summed E-state index contributed by atoms with van der Waals surface area (Å²) in [5.74, 6) is 0.134. The van der Waals surface area contributed by atoms with E-state index in [0.29, 0.717) is 18.9 Å². The molecule has 1 aromatic heterocycles. The summed E-state index contributed by atoms with van der Waals surface area (Å²) < 4.78 is 1.92. The first-order valence-corrected chi connectivity index (χ1v) is 11.6. The maximum absolute atomic E-state index is 13.8. The Morgan fingerprint density at radius 1 is 1.09 bits per heavy atom. The maximum atomic E-state index is 13.8. The lowest BCUT2D eigenvalue weighted by Gasteiger charge is -2.44. The number of carbonyl (C=O) groups is 2. The Balaban J connectivity index is 1.56. The van der Waals surface area contributed by atoms with Gasteiger partial charge in [0.05, 0.1) is 17.6 Å². The molecule has 166 valence electrons. The van der Waals surface area contributed by atoms with Crippen molar-refractivity contribution >= 4 is 22.8 Å². The molecule has 0 unspecified atom stereocenters. The summed E-state index contributed by atoms with van der Waals surface area (Å²) in [6, 6.07) is 16.0. The Hall–Kier alpha value is -3.15. The second kappa shape index (κ2) is 8.08. The third-order valence-corrected chi connectivity index (χ3v) is 7.17. The number of imidazole rings is 1. The van der Waals surface area contributed by atoms with Crippen molar-refractivity contribution in [3.8, 4) is 0 Å². The van der Waals surface area contributed by atoms with Crippen LogP contribution in [-0.4, -0.2) is 37.8 Å². The maximum Gasteiger partial charge on any atom is 0.291 e. The summed E-state index contributed by atoms with van der Waals surface area (Å²) >= 11 is 0. The van der Waals surface area contributed by atoms with Crippen LogP contribution in [0.15, 0.2) is 48.5 Å². The number of nitrogens with zero attached hydrogens (tertiary/aromatic N) is 3. The molecule has 2 heterocycles. The predicted molar refractivity (Wildman–Crippen MR) is 124 cm³/mol. The number of carbonyl (C=O) groups excluding carboxylic acids is 2. The zero-order valence-corrected chi connectivity index (χ0v) is 18.8. The van der Waals surface area contributed by atoms with E-state index < -0.39 is 5.54 Å².